The number of amides is 1. The van der Waals surface area contributed by atoms with Gasteiger partial charge in [-0.1, -0.05) is 82.4 Å². The number of thioether (sulfide) groups is 1. The van der Waals surface area contributed by atoms with E-state index in [9.17, 15) is 14.4 Å². The molecule has 1 saturated heterocycles. The molecule has 0 aromatic heterocycles. The second kappa shape index (κ2) is 9.30. The third-order valence-corrected chi connectivity index (χ3v) is 6.04. The summed E-state index contributed by atoms with van der Waals surface area (Å²) in [6.07, 6.45) is 4.89. The zero-order valence-corrected chi connectivity index (χ0v) is 18.1. The molecule has 8 heteroatoms. The second-order valence-electron chi connectivity index (χ2n) is 6.01. The van der Waals surface area contributed by atoms with E-state index < -0.39 is 18.4 Å². The average Bonchev–Trinajstić information content (AvgIpc) is 2.94. The zero-order chi connectivity index (χ0) is 21.0. The van der Waals surface area contributed by atoms with Crippen LogP contribution < -0.4 is 0 Å². The third-order valence-electron chi connectivity index (χ3n) is 3.97. The normalized spacial score (nSPS) is 15.5. The van der Waals surface area contributed by atoms with Crippen molar-refractivity contribution in [2.45, 2.75) is 0 Å². The molecule has 0 spiro atoms. The number of carboxylic acids is 1. The van der Waals surface area contributed by atoms with Crippen LogP contribution in [-0.4, -0.2) is 38.5 Å². The van der Waals surface area contributed by atoms with Crippen molar-refractivity contribution >= 4 is 74.0 Å². The van der Waals surface area contributed by atoms with Crippen LogP contribution >= 0.6 is 39.9 Å². The summed E-state index contributed by atoms with van der Waals surface area (Å²) in [7, 11) is 0. The predicted molar refractivity (Wildman–Crippen MR) is 121 cm³/mol. The minimum atomic E-state index is -1.12. The number of ketones is 1. The molecule has 0 bridgehead atoms. The molecule has 0 unspecified atom stereocenters. The second-order valence-corrected chi connectivity index (χ2v) is 8.54. The minimum Gasteiger partial charge on any atom is -0.480 e. The van der Waals surface area contributed by atoms with Crippen LogP contribution in [0.4, 0.5) is 0 Å². The van der Waals surface area contributed by atoms with Crippen LogP contribution in [0, 0.1) is 0 Å². The van der Waals surface area contributed by atoms with Crippen molar-refractivity contribution in [3.63, 3.8) is 0 Å². The van der Waals surface area contributed by atoms with Crippen molar-refractivity contribution in [2.24, 2.45) is 0 Å². The van der Waals surface area contributed by atoms with Gasteiger partial charge in [-0.05, 0) is 35.4 Å². The highest BCUT2D eigenvalue weighted by Gasteiger charge is 2.33. The van der Waals surface area contributed by atoms with E-state index in [2.05, 4.69) is 15.9 Å². The van der Waals surface area contributed by atoms with Crippen LogP contribution in [0.2, 0.25) is 0 Å². The number of thiocarbonyl (C=S) groups is 1. The van der Waals surface area contributed by atoms with Gasteiger partial charge in [0.25, 0.3) is 5.91 Å². The molecule has 0 radical (unpaired) electrons. The summed E-state index contributed by atoms with van der Waals surface area (Å²) in [4.78, 5) is 36.9. The Kier molecular flexibility index (Phi) is 6.79. The lowest BCUT2D eigenvalue weighted by Crippen LogP contribution is -2.33. The Bertz CT molecular complexity index is 1060. The van der Waals surface area contributed by atoms with Gasteiger partial charge in [0.2, 0.25) is 0 Å². The van der Waals surface area contributed by atoms with Gasteiger partial charge in [0, 0.05) is 10.0 Å². The van der Waals surface area contributed by atoms with Gasteiger partial charge in [-0.2, -0.15) is 0 Å². The van der Waals surface area contributed by atoms with E-state index in [1.54, 1.807) is 24.3 Å². The molecule has 146 valence electrons. The van der Waals surface area contributed by atoms with Crippen LogP contribution in [0.1, 0.15) is 21.5 Å². The highest BCUT2D eigenvalue weighted by molar-refractivity contribution is 9.10. The van der Waals surface area contributed by atoms with Crippen molar-refractivity contribution in [2.75, 3.05) is 6.54 Å². The molecule has 3 rings (SSSR count). The number of hydrogen-bond acceptors (Lipinski definition) is 5. The fourth-order valence-corrected chi connectivity index (χ4v) is 4.28. The predicted octanol–water partition coefficient (Wildman–Crippen LogP) is 4.63. The van der Waals surface area contributed by atoms with Crippen LogP contribution in [-0.2, 0) is 9.59 Å². The largest absolute Gasteiger partial charge is 0.480 e. The van der Waals surface area contributed by atoms with E-state index in [0.29, 0.717) is 10.5 Å². The summed E-state index contributed by atoms with van der Waals surface area (Å²) in [5.74, 6) is -1.63. The fraction of sp³-hybridized carbons (Fsp3) is 0.0476. The molecule has 29 heavy (non-hydrogen) atoms. The molecule has 1 N–H and O–H groups in total. The number of benzene rings is 2. The van der Waals surface area contributed by atoms with Gasteiger partial charge in [-0.25, -0.2) is 0 Å². The number of carboxylic acid groups (broad SMARTS) is 1. The summed E-state index contributed by atoms with van der Waals surface area (Å²) in [5.41, 5.74) is 2.19. The van der Waals surface area contributed by atoms with Crippen molar-refractivity contribution in [1.29, 1.82) is 0 Å². The Hall–Kier alpha value is -2.55. The Morgan fingerprint density at radius 1 is 1.10 bits per heavy atom. The van der Waals surface area contributed by atoms with Gasteiger partial charge in [-0.15, -0.1) is 0 Å². The van der Waals surface area contributed by atoms with E-state index in [1.165, 1.54) is 6.08 Å². The maximum atomic E-state index is 12.3. The van der Waals surface area contributed by atoms with Crippen LogP contribution in [0.5, 0.6) is 0 Å². The van der Waals surface area contributed by atoms with Crippen LogP contribution in [0.25, 0.3) is 12.2 Å². The Labute approximate surface area is 185 Å². The molecular weight excluding hydrogens is 474 g/mol. The maximum absolute atomic E-state index is 12.3. The highest BCUT2D eigenvalue weighted by atomic mass is 79.9. The molecule has 0 saturated carbocycles. The standard InChI is InChI=1S/C21H14BrNO4S2/c22-16-4-2-1-3-15(16)17(24)10-9-13-5-7-14(8-6-13)11-18-20(27)23(12-19(25)26)21(28)29-18/h1-11H,12H2,(H,25,26)/b10-9+,18-11+. The summed E-state index contributed by atoms with van der Waals surface area (Å²) in [6.45, 7) is -0.447. The number of rotatable bonds is 6. The van der Waals surface area contributed by atoms with Crippen LogP contribution in [0.3, 0.4) is 0 Å². The molecule has 1 heterocycles. The van der Waals surface area contributed by atoms with Gasteiger partial charge in [0.1, 0.15) is 10.9 Å². The summed E-state index contributed by atoms with van der Waals surface area (Å²) in [6, 6.07) is 14.5. The fourth-order valence-electron chi connectivity index (χ4n) is 2.55. The van der Waals surface area contributed by atoms with Gasteiger partial charge in [-0.3, -0.25) is 19.3 Å². The van der Waals surface area contributed by atoms with Crippen LogP contribution in [0.15, 0.2) is 64.0 Å². The number of hydrogen-bond donors (Lipinski definition) is 1. The lowest BCUT2D eigenvalue weighted by atomic mass is 10.1. The quantitative estimate of drug-likeness (QED) is 0.363. The van der Waals surface area contributed by atoms with E-state index in [0.717, 1.165) is 32.3 Å². The molecule has 1 aliphatic heterocycles. The molecular formula is C21H14BrNO4S2. The Balaban J connectivity index is 1.71. The number of halogens is 1. The monoisotopic (exact) mass is 487 g/mol. The van der Waals surface area contributed by atoms with Gasteiger partial charge < -0.3 is 5.11 Å². The lowest BCUT2D eigenvalue weighted by Gasteiger charge is -2.10. The minimum absolute atomic E-state index is 0.108. The molecule has 2 aromatic rings. The lowest BCUT2D eigenvalue weighted by molar-refractivity contribution is -0.140. The van der Waals surface area contributed by atoms with Gasteiger partial charge >= 0.3 is 5.97 Å². The van der Waals surface area contributed by atoms with Crippen molar-refractivity contribution in [3.05, 3.63) is 80.7 Å². The first kappa shape index (κ1) is 21.2. The van der Waals surface area contributed by atoms with E-state index in [4.69, 9.17) is 17.3 Å². The first-order valence-corrected chi connectivity index (χ1v) is 10.4. The van der Waals surface area contributed by atoms with Crippen molar-refractivity contribution < 1.29 is 19.5 Å². The first-order valence-electron chi connectivity index (χ1n) is 8.39. The molecule has 1 fully saturated rings. The van der Waals surface area contributed by atoms with E-state index >= 15 is 0 Å². The Morgan fingerprint density at radius 3 is 2.41 bits per heavy atom. The van der Waals surface area contributed by atoms with E-state index in [-0.39, 0.29) is 10.1 Å². The highest BCUT2D eigenvalue weighted by Crippen LogP contribution is 2.32. The van der Waals surface area contributed by atoms with E-state index in [1.807, 2.05) is 36.4 Å². The third kappa shape index (κ3) is 5.29. The number of carbonyl (C=O) groups is 3. The number of carbonyl (C=O) groups excluding carboxylic acids is 2. The summed E-state index contributed by atoms with van der Waals surface area (Å²) >= 11 is 9.52. The van der Waals surface area contributed by atoms with Crippen molar-refractivity contribution in [3.8, 4) is 0 Å². The zero-order valence-electron chi connectivity index (χ0n) is 14.9. The maximum Gasteiger partial charge on any atom is 0.323 e. The topological polar surface area (TPSA) is 74.7 Å². The first-order chi connectivity index (χ1) is 13.8. The Morgan fingerprint density at radius 2 is 1.76 bits per heavy atom. The number of nitrogens with zero attached hydrogens (tertiary/aromatic N) is 1. The SMILES string of the molecule is O=C(O)CN1C(=O)/C(=C\c2ccc(/C=C/C(=O)c3ccccc3Br)cc2)SC1=S. The molecule has 0 aliphatic carbocycles. The number of allylic oxidation sites excluding steroid dienone is 1. The molecule has 0 atom stereocenters. The molecule has 5 nitrogen and oxygen atoms in total. The summed E-state index contributed by atoms with van der Waals surface area (Å²) < 4.78 is 0.971. The van der Waals surface area contributed by atoms with Gasteiger partial charge in [0.15, 0.2) is 5.78 Å². The molecule has 1 aliphatic rings. The molecule has 2 aromatic carbocycles. The summed E-state index contributed by atoms with van der Waals surface area (Å²) in [5, 5.41) is 8.88. The average molecular weight is 488 g/mol. The number of aliphatic carboxylic acids is 1. The smallest absolute Gasteiger partial charge is 0.323 e. The van der Waals surface area contributed by atoms with Gasteiger partial charge in [0.05, 0.1) is 4.91 Å². The molecule has 1 amide bonds. The van der Waals surface area contributed by atoms with Crippen molar-refractivity contribution in [1.82, 2.24) is 4.90 Å².